The van der Waals surface area contributed by atoms with Gasteiger partial charge in [0.1, 0.15) is 0 Å². The average Bonchev–Trinajstić information content (AvgIpc) is 2.72. The Labute approximate surface area is 155 Å². The van der Waals surface area contributed by atoms with E-state index < -0.39 is 0 Å². The van der Waals surface area contributed by atoms with Crippen LogP contribution in [0.1, 0.15) is 42.9 Å². The fourth-order valence-corrected chi connectivity index (χ4v) is 3.58. The summed E-state index contributed by atoms with van der Waals surface area (Å²) in [6.45, 7) is 0.824. The molecule has 0 bridgehead atoms. The summed E-state index contributed by atoms with van der Waals surface area (Å²) in [6.07, 6.45) is 8.06. The monoisotopic (exact) mass is 354 g/mol. The van der Waals surface area contributed by atoms with Crippen molar-refractivity contribution < 1.29 is 14.3 Å². The van der Waals surface area contributed by atoms with Crippen LogP contribution in [0.5, 0.6) is 11.5 Å². The molecule has 1 aromatic carbocycles. The maximum Gasteiger partial charge on any atom is 0.223 e. The number of likely N-dealkylation sites (tertiary alicyclic amines) is 1. The van der Waals surface area contributed by atoms with Crippen LogP contribution in [0, 0.1) is 0 Å². The lowest BCUT2D eigenvalue weighted by atomic mass is 9.95. The van der Waals surface area contributed by atoms with E-state index in [-0.39, 0.29) is 11.9 Å². The molecular formula is C21H26N2O3. The Morgan fingerprint density at radius 2 is 2.04 bits per heavy atom. The number of hydrogen-bond acceptors (Lipinski definition) is 4. The average molecular weight is 354 g/mol. The minimum atomic E-state index is 0.148. The maximum atomic E-state index is 12.9. The van der Waals surface area contributed by atoms with Crippen LogP contribution in [-0.2, 0) is 11.2 Å². The molecule has 0 spiro atoms. The lowest BCUT2D eigenvalue weighted by Gasteiger charge is -2.36. The van der Waals surface area contributed by atoms with Crippen LogP contribution in [0.2, 0.25) is 0 Å². The summed E-state index contributed by atoms with van der Waals surface area (Å²) in [7, 11) is 3.25. The highest BCUT2D eigenvalue weighted by Crippen LogP contribution is 2.32. The molecule has 5 nitrogen and oxygen atoms in total. The Kier molecular flexibility index (Phi) is 6.10. The van der Waals surface area contributed by atoms with E-state index in [4.69, 9.17) is 9.47 Å². The van der Waals surface area contributed by atoms with E-state index in [9.17, 15) is 4.79 Å². The zero-order valence-corrected chi connectivity index (χ0v) is 15.5. The van der Waals surface area contributed by atoms with Crippen molar-refractivity contribution in [2.45, 2.75) is 38.1 Å². The maximum absolute atomic E-state index is 12.9. The van der Waals surface area contributed by atoms with Crippen molar-refractivity contribution in [1.82, 2.24) is 9.88 Å². The number of methoxy groups -OCH3 is 2. The molecule has 1 amide bonds. The number of amides is 1. The predicted octanol–water partition coefficient (Wildman–Crippen LogP) is 3.79. The van der Waals surface area contributed by atoms with Gasteiger partial charge in [0.05, 0.1) is 20.3 Å². The van der Waals surface area contributed by atoms with E-state index in [1.54, 1.807) is 20.4 Å². The van der Waals surface area contributed by atoms with Crippen LogP contribution in [-0.4, -0.2) is 36.6 Å². The molecule has 1 aliphatic rings. The molecule has 1 saturated heterocycles. The number of hydrogen-bond donors (Lipinski definition) is 0. The first-order valence-corrected chi connectivity index (χ1v) is 9.13. The van der Waals surface area contributed by atoms with Crippen LogP contribution in [0.3, 0.4) is 0 Å². The third-order valence-electron chi connectivity index (χ3n) is 4.97. The quantitative estimate of drug-likeness (QED) is 0.792. The van der Waals surface area contributed by atoms with Gasteiger partial charge in [-0.1, -0.05) is 12.1 Å². The van der Waals surface area contributed by atoms with Crippen LogP contribution >= 0.6 is 0 Å². The first-order chi connectivity index (χ1) is 12.7. The minimum Gasteiger partial charge on any atom is -0.493 e. The van der Waals surface area contributed by atoms with Gasteiger partial charge in [0.25, 0.3) is 0 Å². The van der Waals surface area contributed by atoms with E-state index in [0.717, 1.165) is 36.9 Å². The Morgan fingerprint density at radius 1 is 1.19 bits per heavy atom. The summed E-state index contributed by atoms with van der Waals surface area (Å²) in [5, 5.41) is 0. The van der Waals surface area contributed by atoms with E-state index >= 15 is 0 Å². The molecule has 0 saturated carbocycles. The van der Waals surface area contributed by atoms with Gasteiger partial charge in [0.2, 0.25) is 5.91 Å². The SMILES string of the molecule is COc1ccc(CCC(=O)N2CCCCC2c2cccnc2)cc1OC. The summed E-state index contributed by atoms with van der Waals surface area (Å²) in [6, 6.07) is 9.98. The molecule has 1 atom stereocenters. The number of nitrogens with zero attached hydrogens (tertiary/aromatic N) is 2. The fraction of sp³-hybridized carbons (Fsp3) is 0.429. The molecule has 5 heteroatoms. The molecule has 1 aliphatic heterocycles. The Bertz CT molecular complexity index is 733. The molecule has 0 N–H and O–H groups in total. The number of carbonyl (C=O) groups is 1. The highest BCUT2D eigenvalue weighted by Gasteiger charge is 2.27. The Balaban J connectivity index is 1.67. The lowest BCUT2D eigenvalue weighted by molar-refractivity contribution is -0.135. The van der Waals surface area contributed by atoms with Crippen molar-refractivity contribution in [3.8, 4) is 11.5 Å². The molecule has 1 unspecified atom stereocenters. The van der Waals surface area contributed by atoms with Crippen LogP contribution in [0.15, 0.2) is 42.7 Å². The van der Waals surface area contributed by atoms with E-state index in [0.29, 0.717) is 24.3 Å². The minimum absolute atomic E-state index is 0.148. The van der Waals surface area contributed by atoms with Gasteiger partial charge >= 0.3 is 0 Å². The highest BCUT2D eigenvalue weighted by atomic mass is 16.5. The van der Waals surface area contributed by atoms with Gasteiger partial charge in [-0.3, -0.25) is 9.78 Å². The van der Waals surface area contributed by atoms with Crippen molar-refractivity contribution in [2.75, 3.05) is 20.8 Å². The number of aromatic nitrogens is 1. The van der Waals surface area contributed by atoms with Gasteiger partial charge in [-0.05, 0) is 55.0 Å². The van der Waals surface area contributed by atoms with E-state index in [1.165, 1.54) is 0 Å². The van der Waals surface area contributed by atoms with Crippen LogP contribution < -0.4 is 9.47 Å². The first-order valence-electron chi connectivity index (χ1n) is 9.13. The molecule has 138 valence electrons. The zero-order valence-electron chi connectivity index (χ0n) is 15.5. The summed E-state index contributed by atoms with van der Waals surface area (Å²) >= 11 is 0. The van der Waals surface area contributed by atoms with Crippen molar-refractivity contribution >= 4 is 5.91 Å². The molecule has 2 heterocycles. The summed E-state index contributed by atoms with van der Waals surface area (Å²) in [4.78, 5) is 19.1. The molecule has 1 fully saturated rings. The lowest BCUT2D eigenvalue weighted by Crippen LogP contribution is -2.38. The molecule has 0 radical (unpaired) electrons. The number of benzene rings is 1. The standard InChI is InChI=1S/C21H26N2O3/c1-25-19-10-8-16(14-20(19)26-2)9-11-21(24)23-13-4-3-7-18(23)17-6-5-12-22-15-17/h5-6,8,10,12,14-15,18H,3-4,7,9,11,13H2,1-2H3. The summed E-state index contributed by atoms with van der Waals surface area (Å²) < 4.78 is 10.6. The van der Waals surface area contributed by atoms with Gasteiger partial charge in [-0.25, -0.2) is 0 Å². The van der Waals surface area contributed by atoms with Crippen molar-refractivity contribution in [2.24, 2.45) is 0 Å². The second-order valence-corrected chi connectivity index (χ2v) is 6.57. The molecule has 26 heavy (non-hydrogen) atoms. The number of rotatable bonds is 6. The molecule has 2 aromatic rings. The topological polar surface area (TPSA) is 51.7 Å². The molecule has 1 aromatic heterocycles. The van der Waals surface area contributed by atoms with Gasteiger partial charge in [-0.15, -0.1) is 0 Å². The first kappa shape index (κ1) is 18.2. The van der Waals surface area contributed by atoms with Crippen molar-refractivity contribution in [3.05, 3.63) is 53.9 Å². The van der Waals surface area contributed by atoms with Crippen molar-refractivity contribution in [1.29, 1.82) is 0 Å². The largest absolute Gasteiger partial charge is 0.493 e. The van der Waals surface area contributed by atoms with Crippen molar-refractivity contribution in [3.63, 3.8) is 0 Å². The molecule has 3 rings (SSSR count). The van der Waals surface area contributed by atoms with Gasteiger partial charge in [0, 0.05) is 25.4 Å². The Morgan fingerprint density at radius 3 is 2.77 bits per heavy atom. The second-order valence-electron chi connectivity index (χ2n) is 6.57. The zero-order chi connectivity index (χ0) is 18.4. The normalized spacial score (nSPS) is 17.0. The van der Waals surface area contributed by atoms with Gasteiger partial charge in [0.15, 0.2) is 11.5 Å². The van der Waals surface area contributed by atoms with Crippen LogP contribution in [0.4, 0.5) is 0 Å². The smallest absolute Gasteiger partial charge is 0.223 e. The highest BCUT2D eigenvalue weighted by molar-refractivity contribution is 5.77. The number of pyridine rings is 1. The predicted molar refractivity (Wildman–Crippen MR) is 100 cm³/mol. The number of aryl methyl sites for hydroxylation is 1. The third-order valence-corrected chi connectivity index (χ3v) is 4.97. The summed E-state index contributed by atoms with van der Waals surface area (Å²) in [5.41, 5.74) is 2.21. The number of piperidine rings is 1. The second kappa shape index (κ2) is 8.70. The third kappa shape index (κ3) is 4.15. The van der Waals surface area contributed by atoms with Gasteiger partial charge < -0.3 is 14.4 Å². The van der Waals surface area contributed by atoms with E-state index in [1.807, 2.05) is 35.4 Å². The molecule has 0 aliphatic carbocycles. The summed E-state index contributed by atoms with van der Waals surface area (Å²) in [5.74, 6) is 1.60. The van der Waals surface area contributed by atoms with Gasteiger partial charge in [-0.2, -0.15) is 0 Å². The molecular weight excluding hydrogens is 328 g/mol. The Hall–Kier alpha value is -2.56. The van der Waals surface area contributed by atoms with E-state index in [2.05, 4.69) is 11.1 Å². The number of ether oxygens (including phenoxy) is 2. The van der Waals surface area contributed by atoms with Crippen LogP contribution in [0.25, 0.3) is 0 Å². The number of carbonyl (C=O) groups excluding carboxylic acids is 1. The fourth-order valence-electron chi connectivity index (χ4n) is 3.58.